The van der Waals surface area contributed by atoms with Gasteiger partial charge in [0.15, 0.2) is 11.5 Å². The molecule has 1 aliphatic heterocycles. The van der Waals surface area contributed by atoms with Crippen LogP contribution in [0.3, 0.4) is 0 Å². The molecule has 7 nitrogen and oxygen atoms in total. The average Bonchev–Trinajstić information content (AvgIpc) is 3.44. The Morgan fingerprint density at radius 2 is 1.79 bits per heavy atom. The van der Waals surface area contributed by atoms with Gasteiger partial charge in [0.2, 0.25) is 5.91 Å². The monoisotopic (exact) mass is 536 g/mol. The molecule has 0 spiro atoms. The van der Waals surface area contributed by atoms with Crippen LogP contribution in [0.5, 0.6) is 0 Å². The minimum absolute atomic E-state index is 0.0101. The van der Waals surface area contributed by atoms with E-state index in [-0.39, 0.29) is 29.0 Å². The number of hydrogen-bond acceptors (Lipinski definition) is 5. The van der Waals surface area contributed by atoms with Crippen LogP contribution in [-0.4, -0.2) is 47.0 Å². The molecule has 3 atom stereocenters. The highest BCUT2D eigenvalue weighted by atomic mass is 19.1. The highest BCUT2D eigenvalue weighted by molar-refractivity contribution is 5.94. The number of likely N-dealkylation sites (tertiary alicyclic amines) is 1. The Hall–Kier alpha value is -3.59. The van der Waals surface area contributed by atoms with Crippen LogP contribution >= 0.6 is 0 Å². The molecule has 206 valence electrons. The first-order chi connectivity index (χ1) is 18.9. The second-order valence-electron chi connectivity index (χ2n) is 10.6. The van der Waals surface area contributed by atoms with Gasteiger partial charge in [0.25, 0.3) is 5.91 Å². The highest BCUT2D eigenvalue weighted by Gasteiger charge is 2.38. The normalized spacial score (nSPS) is 21.3. The van der Waals surface area contributed by atoms with Gasteiger partial charge < -0.3 is 15.2 Å². The van der Waals surface area contributed by atoms with Crippen molar-refractivity contribution < 1.29 is 22.9 Å². The summed E-state index contributed by atoms with van der Waals surface area (Å²) < 4.78 is 32.7. The number of carbonyl (C=O) groups is 2. The molecule has 5 rings (SSSR count). The largest absolute Gasteiger partial charge is 0.355 e. The summed E-state index contributed by atoms with van der Waals surface area (Å²) in [5.41, 5.74) is 0.991. The summed E-state index contributed by atoms with van der Waals surface area (Å²) >= 11 is 0. The lowest BCUT2D eigenvalue weighted by molar-refractivity contribution is -0.128. The second kappa shape index (κ2) is 12.1. The first-order valence-electron chi connectivity index (χ1n) is 13.7. The zero-order valence-corrected chi connectivity index (χ0v) is 22.0. The van der Waals surface area contributed by atoms with E-state index in [2.05, 4.69) is 20.7 Å². The number of amides is 2. The molecule has 0 radical (unpaired) electrons. The van der Waals surface area contributed by atoms with E-state index >= 15 is 0 Å². The Balaban J connectivity index is 1.31. The quantitative estimate of drug-likeness (QED) is 0.431. The first-order valence-corrected chi connectivity index (χ1v) is 13.7. The molecule has 2 fully saturated rings. The van der Waals surface area contributed by atoms with E-state index in [9.17, 15) is 18.4 Å². The summed E-state index contributed by atoms with van der Waals surface area (Å²) in [4.78, 5) is 29.2. The molecule has 2 heterocycles. The third-order valence-electron chi connectivity index (χ3n) is 7.99. The van der Waals surface area contributed by atoms with Crippen LogP contribution < -0.4 is 10.6 Å². The predicted octanol–water partition coefficient (Wildman–Crippen LogP) is 5.25. The summed E-state index contributed by atoms with van der Waals surface area (Å²) in [5.74, 6) is -2.55. The van der Waals surface area contributed by atoms with Crippen LogP contribution in [0.25, 0.3) is 11.3 Å². The fraction of sp³-hybridized carbons (Fsp3) is 0.433. The number of benzene rings is 2. The Bertz CT molecular complexity index is 1290. The minimum Gasteiger partial charge on any atom is -0.355 e. The maximum atomic E-state index is 14.2. The molecule has 1 aromatic heterocycles. The molecule has 1 saturated heterocycles. The lowest BCUT2D eigenvalue weighted by atomic mass is 9.86. The molecule has 2 aliphatic rings. The lowest BCUT2D eigenvalue weighted by Gasteiger charge is -2.43. The van der Waals surface area contributed by atoms with Crippen molar-refractivity contribution in [2.45, 2.75) is 63.6 Å². The predicted molar refractivity (Wildman–Crippen MR) is 143 cm³/mol. The topological polar surface area (TPSA) is 87.5 Å². The number of aromatic nitrogens is 1. The standard InChI is InChI=1S/C30H34F2N4O3/c1-19(20-8-4-2-5-9-20)33-29(37)24-18-36(22-10-6-3-7-11-22)15-14-26(24)34-30(38)27-17-28(39-35-27)23-13-12-21(31)16-25(23)32/h2,4-5,8-9,12-13,16-17,19,22,24,26H,3,6-7,10-11,14-15,18H2,1H3,(H,33,37)(H,34,38)/t19-,24+,26+/m1/s1. The molecule has 2 amide bonds. The molecule has 1 saturated carbocycles. The Labute approximate surface area is 226 Å². The number of halogens is 2. The Kier molecular flexibility index (Phi) is 8.35. The van der Waals surface area contributed by atoms with Crippen LogP contribution in [0.1, 0.15) is 67.5 Å². The molecule has 39 heavy (non-hydrogen) atoms. The lowest BCUT2D eigenvalue weighted by Crippen LogP contribution is -2.58. The molecule has 0 unspecified atom stereocenters. The Morgan fingerprint density at radius 3 is 2.54 bits per heavy atom. The Morgan fingerprint density at radius 1 is 1.03 bits per heavy atom. The van der Waals surface area contributed by atoms with Gasteiger partial charge in [-0.15, -0.1) is 0 Å². The molecule has 2 aromatic carbocycles. The zero-order valence-electron chi connectivity index (χ0n) is 22.0. The first kappa shape index (κ1) is 27.0. The van der Waals surface area contributed by atoms with E-state index < -0.39 is 29.5 Å². The SMILES string of the molecule is C[C@@H](NC(=O)[C@H]1CN(C2CCCCC2)CC[C@@H]1NC(=O)c1cc(-c2ccc(F)cc2F)on1)c1ccccc1. The van der Waals surface area contributed by atoms with Gasteiger partial charge in [-0.25, -0.2) is 8.78 Å². The maximum absolute atomic E-state index is 14.2. The fourth-order valence-electron chi connectivity index (χ4n) is 5.78. The van der Waals surface area contributed by atoms with Crippen molar-refractivity contribution >= 4 is 11.8 Å². The minimum atomic E-state index is -0.808. The molecule has 1 aliphatic carbocycles. The van der Waals surface area contributed by atoms with E-state index in [1.54, 1.807) is 0 Å². The van der Waals surface area contributed by atoms with Crippen molar-refractivity contribution in [2.75, 3.05) is 13.1 Å². The van der Waals surface area contributed by atoms with Crippen molar-refractivity contribution in [3.63, 3.8) is 0 Å². The third-order valence-corrected chi connectivity index (χ3v) is 7.99. The van der Waals surface area contributed by atoms with Gasteiger partial charge in [0, 0.05) is 37.3 Å². The van der Waals surface area contributed by atoms with E-state index in [0.717, 1.165) is 37.1 Å². The van der Waals surface area contributed by atoms with Crippen LogP contribution in [0.2, 0.25) is 0 Å². The molecular weight excluding hydrogens is 502 g/mol. The van der Waals surface area contributed by atoms with Gasteiger partial charge >= 0.3 is 0 Å². The van der Waals surface area contributed by atoms with Gasteiger partial charge in [-0.3, -0.25) is 14.5 Å². The summed E-state index contributed by atoms with van der Waals surface area (Å²) in [6.07, 6.45) is 6.54. The highest BCUT2D eigenvalue weighted by Crippen LogP contribution is 2.29. The van der Waals surface area contributed by atoms with Gasteiger partial charge in [0.05, 0.1) is 17.5 Å². The summed E-state index contributed by atoms with van der Waals surface area (Å²) in [5, 5.41) is 9.94. The van der Waals surface area contributed by atoms with Crippen molar-refractivity contribution in [2.24, 2.45) is 5.92 Å². The van der Waals surface area contributed by atoms with Gasteiger partial charge in [-0.1, -0.05) is 54.8 Å². The van der Waals surface area contributed by atoms with Crippen molar-refractivity contribution in [1.82, 2.24) is 20.7 Å². The summed E-state index contributed by atoms with van der Waals surface area (Å²) in [6, 6.07) is 14.1. The average molecular weight is 537 g/mol. The van der Waals surface area contributed by atoms with E-state index in [1.807, 2.05) is 37.3 Å². The second-order valence-corrected chi connectivity index (χ2v) is 10.6. The van der Waals surface area contributed by atoms with Gasteiger partial charge in [-0.05, 0) is 43.9 Å². The van der Waals surface area contributed by atoms with Crippen molar-refractivity contribution in [1.29, 1.82) is 0 Å². The maximum Gasteiger partial charge on any atom is 0.273 e. The van der Waals surface area contributed by atoms with Gasteiger partial charge in [-0.2, -0.15) is 0 Å². The smallest absolute Gasteiger partial charge is 0.273 e. The van der Waals surface area contributed by atoms with Crippen LogP contribution in [0.15, 0.2) is 59.1 Å². The van der Waals surface area contributed by atoms with Crippen molar-refractivity contribution in [3.8, 4) is 11.3 Å². The van der Waals surface area contributed by atoms with E-state index in [4.69, 9.17) is 4.52 Å². The number of nitrogens with one attached hydrogen (secondary N) is 2. The summed E-state index contributed by atoms with van der Waals surface area (Å²) in [7, 11) is 0. The summed E-state index contributed by atoms with van der Waals surface area (Å²) in [6.45, 7) is 3.31. The number of carbonyl (C=O) groups excluding carboxylic acids is 2. The molecule has 9 heteroatoms. The number of nitrogens with zero attached hydrogens (tertiary/aromatic N) is 2. The molecular formula is C30H34F2N4O3. The third kappa shape index (κ3) is 6.36. The number of hydrogen-bond donors (Lipinski definition) is 2. The van der Waals surface area contributed by atoms with Crippen LogP contribution in [-0.2, 0) is 4.79 Å². The van der Waals surface area contributed by atoms with Gasteiger partial charge in [0.1, 0.15) is 11.6 Å². The molecule has 0 bridgehead atoms. The number of piperidine rings is 1. The van der Waals surface area contributed by atoms with Crippen molar-refractivity contribution in [3.05, 3.63) is 77.5 Å². The molecule has 2 N–H and O–H groups in total. The van der Waals surface area contributed by atoms with Crippen LogP contribution in [0.4, 0.5) is 8.78 Å². The fourth-order valence-corrected chi connectivity index (χ4v) is 5.78. The zero-order chi connectivity index (χ0) is 27.4. The molecule has 3 aromatic rings. The van der Waals surface area contributed by atoms with E-state index in [1.165, 1.54) is 31.4 Å². The van der Waals surface area contributed by atoms with Crippen LogP contribution in [0, 0.1) is 17.6 Å². The van der Waals surface area contributed by atoms with E-state index in [0.29, 0.717) is 19.0 Å². The number of rotatable bonds is 7.